The highest BCUT2D eigenvalue weighted by Gasteiger charge is 2.47. The minimum atomic E-state index is -0.846. The van der Waals surface area contributed by atoms with Crippen molar-refractivity contribution in [3.63, 3.8) is 0 Å². The number of nitrogens with zero attached hydrogens (tertiary/aromatic N) is 3. The van der Waals surface area contributed by atoms with Crippen LogP contribution >= 0.6 is 0 Å². The van der Waals surface area contributed by atoms with Crippen molar-refractivity contribution in [1.29, 1.82) is 0 Å². The van der Waals surface area contributed by atoms with Gasteiger partial charge in [0.15, 0.2) is 0 Å². The van der Waals surface area contributed by atoms with E-state index in [1.54, 1.807) is 19.1 Å². The second kappa shape index (κ2) is 9.25. The molecule has 3 aromatic rings. The summed E-state index contributed by atoms with van der Waals surface area (Å²) in [4.78, 5) is 31.9. The highest BCUT2D eigenvalue weighted by atomic mass is 19.1. The Kier molecular flexibility index (Phi) is 6.35. The van der Waals surface area contributed by atoms with Gasteiger partial charge in [0, 0.05) is 50.8 Å². The van der Waals surface area contributed by atoms with Crippen molar-refractivity contribution in [2.24, 2.45) is 0 Å². The Balaban J connectivity index is 1.91. The zero-order valence-corrected chi connectivity index (χ0v) is 20.4. The van der Waals surface area contributed by atoms with Crippen LogP contribution in [-0.4, -0.2) is 45.0 Å². The molecule has 1 unspecified atom stereocenters. The number of carbonyl (C=O) groups excluding carboxylic acids is 2. The first-order valence-corrected chi connectivity index (χ1v) is 11.2. The summed E-state index contributed by atoms with van der Waals surface area (Å²) in [6.45, 7) is 1.58. The van der Waals surface area contributed by atoms with Crippen molar-refractivity contribution < 1.29 is 19.1 Å². The number of benzene rings is 3. The maximum absolute atomic E-state index is 13.9. The fourth-order valence-electron chi connectivity index (χ4n) is 4.23. The predicted molar refractivity (Wildman–Crippen MR) is 137 cm³/mol. The van der Waals surface area contributed by atoms with Gasteiger partial charge in [-0.15, -0.1) is 0 Å². The van der Waals surface area contributed by atoms with E-state index in [2.05, 4.69) is 0 Å². The van der Waals surface area contributed by atoms with Gasteiger partial charge < -0.3 is 14.9 Å². The lowest BCUT2D eigenvalue weighted by Crippen LogP contribution is -2.29. The third-order valence-electron chi connectivity index (χ3n) is 6.25. The van der Waals surface area contributed by atoms with Crippen molar-refractivity contribution in [3.05, 3.63) is 94.8 Å². The van der Waals surface area contributed by atoms with Crippen LogP contribution in [0, 0.1) is 12.7 Å². The summed E-state index contributed by atoms with van der Waals surface area (Å²) in [5, 5.41) is 11.2. The highest BCUT2D eigenvalue weighted by molar-refractivity contribution is 6.51. The molecule has 0 saturated carbocycles. The van der Waals surface area contributed by atoms with Crippen LogP contribution in [0.2, 0.25) is 0 Å². The zero-order chi connectivity index (χ0) is 25.4. The van der Waals surface area contributed by atoms with E-state index in [9.17, 15) is 19.1 Å². The van der Waals surface area contributed by atoms with E-state index in [4.69, 9.17) is 0 Å². The number of Topliss-reactive ketones (excluding diaryl/α,β-unsaturated/α-hetero) is 1. The summed E-state index contributed by atoms with van der Waals surface area (Å²) in [6.07, 6.45) is 0. The van der Waals surface area contributed by atoms with Crippen molar-refractivity contribution >= 4 is 34.5 Å². The number of aryl methyl sites for hydroxylation is 1. The smallest absolute Gasteiger partial charge is 0.300 e. The first-order chi connectivity index (χ1) is 16.6. The van der Waals surface area contributed by atoms with Crippen LogP contribution in [0.3, 0.4) is 0 Å². The molecule has 1 fully saturated rings. The van der Waals surface area contributed by atoms with Gasteiger partial charge in [0.25, 0.3) is 11.7 Å². The molecular formula is C28H28FN3O3. The molecule has 35 heavy (non-hydrogen) atoms. The van der Waals surface area contributed by atoms with E-state index in [1.807, 2.05) is 74.4 Å². The van der Waals surface area contributed by atoms with Crippen LogP contribution in [0.25, 0.3) is 5.76 Å². The van der Waals surface area contributed by atoms with Crippen LogP contribution in [0.15, 0.2) is 72.3 Å². The quantitative estimate of drug-likeness (QED) is 0.325. The van der Waals surface area contributed by atoms with Gasteiger partial charge in [-0.25, -0.2) is 4.39 Å². The highest BCUT2D eigenvalue weighted by Crippen LogP contribution is 2.42. The Bertz CT molecular complexity index is 1310. The fourth-order valence-corrected chi connectivity index (χ4v) is 4.23. The van der Waals surface area contributed by atoms with Gasteiger partial charge in [0.05, 0.1) is 11.6 Å². The molecule has 4 rings (SSSR count). The predicted octanol–water partition coefficient (Wildman–Crippen LogP) is 4.89. The fraction of sp³-hybridized carbons (Fsp3) is 0.214. The summed E-state index contributed by atoms with van der Waals surface area (Å²) >= 11 is 0. The Morgan fingerprint density at radius 3 is 1.91 bits per heavy atom. The molecule has 1 N–H and O–H groups in total. The lowest BCUT2D eigenvalue weighted by atomic mass is 9.94. The Labute approximate surface area is 204 Å². The van der Waals surface area contributed by atoms with E-state index in [0.29, 0.717) is 16.8 Å². The van der Waals surface area contributed by atoms with E-state index in [0.717, 1.165) is 11.4 Å². The molecule has 180 valence electrons. The standard InChI is InChI=1S/C28H28FN3O3/c1-17-16-19(8-15-23(17)29)26(33)24-25(18-6-9-20(10-7-18)30(2)3)32(28(35)27(24)34)22-13-11-21(12-14-22)31(4)5/h6-16,25,33H,1-5H3/b26-24-. The molecule has 0 bridgehead atoms. The van der Waals surface area contributed by atoms with Crippen molar-refractivity contribution in [1.82, 2.24) is 0 Å². The van der Waals surface area contributed by atoms with Crippen LogP contribution in [0.4, 0.5) is 21.5 Å². The van der Waals surface area contributed by atoms with Gasteiger partial charge >= 0.3 is 0 Å². The molecule has 0 aromatic heterocycles. The van der Waals surface area contributed by atoms with Crippen LogP contribution in [0.5, 0.6) is 0 Å². The molecule has 1 aliphatic heterocycles. The SMILES string of the molecule is Cc1cc(/C(O)=C2/C(=O)C(=O)N(c3ccc(N(C)C)cc3)C2c2ccc(N(C)C)cc2)ccc1F. The number of hydrogen-bond acceptors (Lipinski definition) is 5. The molecule has 1 atom stereocenters. The number of halogens is 1. The monoisotopic (exact) mass is 473 g/mol. The van der Waals surface area contributed by atoms with Crippen molar-refractivity contribution in [3.8, 4) is 0 Å². The lowest BCUT2D eigenvalue weighted by Gasteiger charge is -2.26. The normalized spacial score (nSPS) is 17.1. The molecule has 6 nitrogen and oxygen atoms in total. The molecular weight excluding hydrogens is 445 g/mol. The summed E-state index contributed by atoms with van der Waals surface area (Å²) < 4.78 is 13.9. The molecule has 1 amide bonds. The van der Waals surface area contributed by atoms with E-state index in [-0.39, 0.29) is 16.9 Å². The Morgan fingerprint density at radius 2 is 1.40 bits per heavy atom. The Hall–Kier alpha value is -4.13. The van der Waals surface area contributed by atoms with Gasteiger partial charge in [0.1, 0.15) is 11.6 Å². The van der Waals surface area contributed by atoms with Crippen molar-refractivity contribution in [2.75, 3.05) is 42.9 Å². The third kappa shape index (κ3) is 4.37. The topological polar surface area (TPSA) is 64.1 Å². The second-order valence-corrected chi connectivity index (χ2v) is 9.03. The van der Waals surface area contributed by atoms with E-state index < -0.39 is 23.5 Å². The van der Waals surface area contributed by atoms with Gasteiger partial charge in [0.2, 0.25) is 0 Å². The molecule has 1 aliphatic rings. The number of hydrogen-bond donors (Lipinski definition) is 1. The number of aliphatic hydroxyl groups is 1. The average Bonchev–Trinajstić information content (AvgIpc) is 3.10. The number of ketones is 1. The van der Waals surface area contributed by atoms with Gasteiger partial charge in [-0.05, 0) is 72.6 Å². The van der Waals surface area contributed by atoms with Crippen LogP contribution < -0.4 is 14.7 Å². The lowest BCUT2D eigenvalue weighted by molar-refractivity contribution is -0.132. The number of rotatable bonds is 5. The Morgan fingerprint density at radius 1 is 0.857 bits per heavy atom. The molecule has 1 saturated heterocycles. The number of carbonyl (C=O) groups is 2. The van der Waals surface area contributed by atoms with Crippen LogP contribution in [-0.2, 0) is 9.59 Å². The number of aliphatic hydroxyl groups excluding tert-OH is 1. The molecule has 1 heterocycles. The van der Waals surface area contributed by atoms with Crippen molar-refractivity contribution in [2.45, 2.75) is 13.0 Å². The van der Waals surface area contributed by atoms with Gasteiger partial charge in [-0.1, -0.05) is 12.1 Å². The summed E-state index contributed by atoms with van der Waals surface area (Å²) in [5.74, 6) is -2.27. The molecule has 3 aromatic carbocycles. The molecule has 7 heteroatoms. The summed E-state index contributed by atoms with van der Waals surface area (Å²) in [5.41, 5.74) is 3.68. The first kappa shape index (κ1) is 24.0. The number of amides is 1. The van der Waals surface area contributed by atoms with Gasteiger partial charge in [-0.3, -0.25) is 14.5 Å². The minimum absolute atomic E-state index is 0.0321. The van der Waals surface area contributed by atoms with E-state index in [1.165, 1.54) is 23.1 Å². The maximum Gasteiger partial charge on any atom is 0.300 e. The average molecular weight is 474 g/mol. The van der Waals surface area contributed by atoms with Gasteiger partial charge in [-0.2, -0.15) is 0 Å². The summed E-state index contributed by atoms with van der Waals surface area (Å²) in [6, 6.07) is 18.0. The number of anilines is 3. The minimum Gasteiger partial charge on any atom is -0.507 e. The third-order valence-corrected chi connectivity index (χ3v) is 6.25. The first-order valence-electron chi connectivity index (χ1n) is 11.2. The largest absolute Gasteiger partial charge is 0.507 e. The summed E-state index contributed by atoms with van der Waals surface area (Å²) in [7, 11) is 7.67. The molecule has 0 radical (unpaired) electrons. The second-order valence-electron chi connectivity index (χ2n) is 9.03. The zero-order valence-electron chi connectivity index (χ0n) is 20.4. The molecule has 0 aliphatic carbocycles. The van der Waals surface area contributed by atoms with Crippen LogP contribution in [0.1, 0.15) is 22.7 Å². The maximum atomic E-state index is 13.9. The van der Waals surface area contributed by atoms with E-state index >= 15 is 0 Å². The molecule has 0 spiro atoms.